The molecule has 3 heterocycles. The molecule has 0 atom stereocenters. The lowest BCUT2D eigenvalue weighted by Gasteiger charge is -2.40. The van der Waals surface area contributed by atoms with Gasteiger partial charge >= 0.3 is 10.2 Å². The average molecular weight is 535 g/mol. The van der Waals surface area contributed by atoms with Crippen molar-refractivity contribution < 1.29 is 19.4 Å². The summed E-state index contributed by atoms with van der Waals surface area (Å²) in [5.41, 5.74) is 1.76. The van der Waals surface area contributed by atoms with E-state index in [4.69, 9.17) is 0 Å². The number of rotatable bonds is 9. The van der Waals surface area contributed by atoms with E-state index >= 15 is 0 Å². The number of unbranched alkanes of at least 4 members (excludes halogenated alkanes) is 3. The standard InChI is InChI=1S/C24H23F5S4/c1-2-3-4-5-6-21-19(15-16-30-21)22-12-14-24(32-22)23-13-11-20(31-23)17-7-9-18(10-8-17)33(25,26,27,28)29/h7-16H,2-6H2,1H3. The van der Waals surface area contributed by atoms with Crippen LogP contribution in [0.5, 0.6) is 0 Å². The van der Waals surface area contributed by atoms with Gasteiger partial charge in [-0.05, 0) is 66.2 Å². The zero-order valence-corrected chi connectivity index (χ0v) is 21.1. The van der Waals surface area contributed by atoms with Crippen LogP contribution in [-0.4, -0.2) is 0 Å². The Bertz CT molecular complexity index is 1230. The second-order valence-electron chi connectivity index (χ2n) is 7.89. The van der Waals surface area contributed by atoms with Crippen molar-refractivity contribution in [3.8, 4) is 30.6 Å². The Kier molecular flexibility index (Phi) is 6.31. The minimum Gasteiger partial charge on any atom is -0.148 e. The highest BCUT2D eigenvalue weighted by Gasteiger charge is 2.65. The highest BCUT2D eigenvalue weighted by atomic mass is 32.5. The average Bonchev–Trinajstić information content (AvgIpc) is 3.49. The fraction of sp³-hybridized carbons (Fsp3) is 0.250. The topological polar surface area (TPSA) is 0 Å². The van der Waals surface area contributed by atoms with Gasteiger partial charge in [-0.15, -0.1) is 34.0 Å². The van der Waals surface area contributed by atoms with E-state index < -0.39 is 15.1 Å². The van der Waals surface area contributed by atoms with Gasteiger partial charge in [0.05, 0.1) is 0 Å². The lowest BCUT2D eigenvalue weighted by molar-refractivity contribution is 0.364. The van der Waals surface area contributed by atoms with E-state index in [0.29, 0.717) is 17.7 Å². The largest absolute Gasteiger partial charge is 0.310 e. The van der Waals surface area contributed by atoms with Crippen molar-refractivity contribution in [1.29, 1.82) is 0 Å². The van der Waals surface area contributed by atoms with E-state index in [1.165, 1.54) is 52.3 Å². The van der Waals surface area contributed by atoms with Crippen molar-refractivity contribution in [2.24, 2.45) is 0 Å². The van der Waals surface area contributed by atoms with Crippen LogP contribution in [-0.2, 0) is 6.42 Å². The van der Waals surface area contributed by atoms with Crippen LogP contribution in [0.4, 0.5) is 19.4 Å². The Labute approximate surface area is 202 Å². The summed E-state index contributed by atoms with van der Waals surface area (Å²) in [6.07, 6.45) is 5.99. The van der Waals surface area contributed by atoms with Gasteiger partial charge in [-0.25, -0.2) is 0 Å². The third-order valence-corrected chi connectivity index (χ3v) is 9.90. The third-order valence-electron chi connectivity index (χ3n) is 5.31. The van der Waals surface area contributed by atoms with E-state index in [0.717, 1.165) is 33.2 Å². The van der Waals surface area contributed by atoms with Crippen molar-refractivity contribution in [2.75, 3.05) is 0 Å². The molecule has 1 aromatic carbocycles. The smallest absolute Gasteiger partial charge is 0.148 e. The maximum Gasteiger partial charge on any atom is 0.310 e. The zero-order valence-electron chi connectivity index (χ0n) is 17.8. The van der Waals surface area contributed by atoms with Gasteiger partial charge in [0.1, 0.15) is 4.90 Å². The van der Waals surface area contributed by atoms with Crippen molar-refractivity contribution >= 4 is 44.2 Å². The van der Waals surface area contributed by atoms with E-state index in [1.54, 1.807) is 22.7 Å². The van der Waals surface area contributed by atoms with E-state index in [-0.39, 0.29) is 0 Å². The first kappa shape index (κ1) is 24.4. The fourth-order valence-corrected chi connectivity index (χ4v) is 7.39. The Morgan fingerprint density at radius 2 is 1.27 bits per heavy atom. The molecule has 0 bridgehead atoms. The van der Waals surface area contributed by atoms with Gasteiger partial charge in [-0.2, -0.15) is 0 Å². The Hall–Kier alpha value is -1.68. The number of hydrogen-bond donors (Lipinski definition) is 0. The molecule has 0 amide bonds. The summed E-state index contributed by atoms with van der Waals surface area (Å²) in [5, 5.41) is 2.13. The molecule has 4 rings (SSSR count). The first-order chi connectivity index (χ1) is 15.4. The Morgan fingerprint density at radius 1 is 0.667 bits per heavy atom. The van der Waals surface area contributed by atoms with Gasteiger partial charge in [0.15, 0.2) is 0 Å². The van der Waals surface area contributed by atoms with Crippen molar-refractivity contribution in [1.82, 2.24) is 0 Å². The molecule has 33 heavy (non-hydrogen) atoms. The molecule has 3 aromatic heterocycles. The molecule has 0 aliphatic heterocycles. The van der Waals surface area contributed by atoms with Crippen LogP contribution in [0.1, 0.15) is 37.5 Å². The van der Waals surface area contributed by atoms with Gasteiger partial charge in [0.2, 0.25) is 0 Å². The van der Waals surface area contributed by atoms with Crippen LogP contribution in [0.3, 0.4) is 0 Å². The number of aryl methyl sites for hydroxylation is 1. The van der Waals surface area contributed by atoms with Crippen molar-refractivity contribution in [3.63, 3.8) is 0 Å². The molecule has 0 saturated carbocycles. The zero-order chi connectivity index (χ0) is 23.8. The monoisotopic (exact) mass is 534 g/mol. The summed E-state index contributed by atoms with van der Waals surface area (Å²) in [4.78, 5) is 3.55. The second-order valence-corrected chi connectivity index (χ2v) is 13.5. The van der Waals surface area contributed by atoms with E-state index in [2.05, 4.69) is 30.5 Å². The lowest BCUT2D eigenvalue weighted by Crippen LogP contribution is -2.05. The van der Waals surface area contributed by atoms with Crippen LogP contribution in [0.2, 0.25) is 0 Å². The minimum atomic E-state index is -9.65. The van der Waals surface area contributed by atoms with Crippen LogP contribution in [0, 0.1) is 0 Å². The van der Waals surface area contributed by atoms with Crippen molar-refractivity contribution in [3.05, 3.63) is 64.9 Å². The molecule has 0 fully saturated rings. The molecule has 178 valence electrons. The SMILES string of the molecule is CCCCCCc1sccc1-c1ccc(-c2ccc(-c3ccc(S(F)(F)(F)(F)F)cc3)s2)s1. The predicted octanol–water partition coefficient (Wildman–Crippen LogP) is 11.7. The number of benzene rings is 1. The predicted molar refractivity (Wildman–Crippen MR) is 136 cm³/mol. The molecule has 0 nitrogen and oxygen atoms in total. The van der Waals surface area contributed by atoms with E-state index in [9.17, 15) is 19.4 Å². The van der Waals surface area contributed by atoms with Gasteiger partial charge in [0.25, 0.3) is 0 Å². The molecule has 0 unspecified atom stereocenters. The molecule has 0 spiro atoms. The van der Waals surface area contributed by atoms with Crippen LogP contribution in [0.15, 0.2) is 64.9 Å². The summed E-state index contributed by atoms with van der Waals surface area (Å²) in [5.74, 6) is 0. The molecule has 0 radical (unpaired) electrons. The number of thiophene rings is 3. The van der Waals surface area contributed by atoms with Crippen LogP contribution < -0.4 is 0 Å². The first-order valence-corrected chi connectivity index (χ1v) is 15.0. The quantitative estimate of drug-likeness (QED) is 0.148. The molecule has 9 heteroatoms. The Morgan fingerprint density at radius 3 is 1.91 bits per heavy atom. The van der Waals surface area contributed by atoms with E-state index in [1.807, 2.05) is 12.1 Å². The molecular formula is C24H23F5S4. The van der Waals surface area contributed by atoms with Gasteiger partial charge in [-0.3, -0.25) is 0 Å². The molecule has 0 aliphatic rings. The summed E-state index contributed by atoms with van der Waals surface area (Å²) < 4.78 is 64.8. The van der Waals surface area contributed by atoms with Crippen molar-refractivity contribution in [2.45, 2.75) is 43.9 Å². The third kappa shape index (κ3) is 5.88. The van der Waals surface area contributed by atoms with Gasteiger partial charge in [0, 0.05) is 29.9 Å². The highest BCUT2D eigenvalue weighted by molar-refractivity contribution is 8.45. The summed E-state index contributed by atoms with van der Waals surface area (Å²) >= 11 is 4.92. The number of hydrogen-bond acceptors (Lipinski definition) is 3. The van der Waals surface area contributed by atoms with Gasteiger partial charge in [-0.1, -0.05) is 57.7 Å². The lowest BCUT2D eigenvalue weighted by atomic mass is 10.1. The maximum atomic E-state index is 13.0. The summed E-state index contributed by atoms with van der Waals surface area (Å²) in [7, 11) is -9.65. The Balaban J connectivity index is 1.52. The summed E-state index contributed by atoms with van der Waals surface area (Å²) in [6.45, 7) is 2.21. The summed E-state index contributed by atoms with van der Waals surface area (Å²) in [6, 6.07) is 13.2. The number of halogens is 5. The van der Waals surface area contributed by atoms with Crippen LogP contribution in [0.25, 0.3) is 30.6 Å². The normalized spacial score (nSPS) is 14.2. The highest BCUT2D eigenvalue weighted by Crippen LogP contribution is 3.02. The van der Waals surface area contributed by atoms with Gasteiger partial charge < -0.3 is 0 Å². The molecular weight excluding hydrogens is 512 g/mol. The molecule has 0 N–H and O–H groups in total. The maximum absolute atomic E-state index is 13.0. The first-order valence-electron chi connectivity index (χ1n) is 10.6. The minimum absolute atomic E-state index is 0.470. The van der Waals surface area contributed by atoms with Crippen LogP contribution >= 0.6 is 44.2 Å². The fourth-order valence-electron chi connectivity index (χ4n) is 3.58. The molecule has 4 aromatic rings. The molecule has 0 saturated heterocycles. The molecule has 0 aliphatic carbocycles. The second kappa shape index (κ2) is 8.52.